The molecule has 0 aromatic heterocycles. The molecule has 164 valence electrons. The number of oxime groups is 1. The van der Waals surface area contributed by atoms with Crippen molar-refractivity contribution < 1.29 is 71.2 Å². The van der Waals surface area contributed by atoms with Crippen LogP contribution in [0.4, 0.5) is 5.69 Å². The number of nitrogens with zero attached hydrogens (tertiary/aromatic N) is 2. The maximum atomic E-state index is 10.7. The van der Waals surface area contributed by atoms with E-state index in [1.54, 1.807) is 12.1 Å². The summed E-state index contributed by atoms with van der Waals surface area (Å²) >= 11 is 0. The standard InChI is InChI=1S/C12H10N2O3.6CO.2Co/c1-3-11-8(2)12(13-17-11)9-5-4-6-10(7-9)14(15)16;6*1-2;;/h1,4-8,11H,2H3;;;;;;;;/t8-,11+;;;;;;;;/m0......../s1. The van der Waals surface area contributed by atoms with Gasteiger partial charge in [0.15, 0.2) is 6.10 Å². The van der Waals surface area contributed by atoms with E-state index in [0.29, 0.717) is 11.3 Å². The van der Waals surface area contributed by atoms with Crippen molar-refractivity contribution >= 4 is 11.4 Å². The molecule has 0 bridgehead atoms. The van der Waals surface area contributed by atoms with Crippen LogP contribution in [0.5, 0.6) is 0 Å². The van der Waals surface area contributed by atoms with E-state index in [0.717, 1.165) is 0 Å². The van der Waals surface area contributed by atoms with Gasteiger partial charge in [0, 0.05) is 51.3 Å². The Labute approximate surface area is 198 Å². The van der Waals surface area contributed by atoms with Crippen LogP contribution in [0.3, 0.4) is 0 Å². The summed E-state index contributed by atoms with van der Waals surface area (Å²) in [6, 6.07) is 6.28. The van der Waals surface area contributed by atoms with Crippen LogP contribution in [0, 0.1) is 68.3 Å². The second-order valence-electron chi connectivity index (χ2n) is 3.77. The third-order valence-corrected chi connectivity index (χ3v) is 2.67. The quantitative estimate of drug-likeness (QED) is 0.191. The fourth-order valence-electron chi connectivity index (χ4n) is 1.70. The van der Waals surface area contributed by atoms with Gasteiger partial charge in [0.25, 0.3) is 5.69 Å². The van der Waals surface area contributed by atoms with Gasteiger partial charge >= 0.3 is 67.8 Å². The molecule has 2 rings (SSSR count). The number of rotatable bonds is 2. The van der Waals surface area contributed by atoms with E-state index in [1.807, 2.05) is 6.92 Å². The third kappa shape index (κ3) is 18.8. The van der Waals surface area contributed by atoms with E-state index in [2.05, 4.69) is 51.0 Å². The maximum absolute atomic E-state index is 10.7. The summed E-state index contributed by atoms with van der Waals surface area (Å²) in [4.78, 5) is 15.3. The third-order valence-electron chi connectivity index (χ3n) is 2.67. The number of terminal acetylenes is 1. The molecule has 1 aliphatic heterocycles. The monoisotopic (exact) mass is 516 g/mol. The van der Waals surface area contributed by atoms with Crippen molar-refractivity contribution in [3.63, 3.8) is 0 Å². The predicted molar refractivity (Wildman–Crippen MR) is 86.1 cm³/mol. The number of hydrogen-bond acceptors (Lipinski definition) is 4. The smallest absolute Gasteiger partial charge is 0 e. The number of nitro benzene ring substituents is 1. The van der Waals surface area contributed by atoms with Gasteiger partial charge in [-0.15, -0.1) is 6.42 Å². The Morgan fingerprint density at radius 1 is 1.00 bits per heavy atom. The normalized spacial score (nSPS) is 12.7. The minimum absolute atomic E-state index is 0. The summed E-state index contributed by atoms with van der Waals surface area (Å²) in [5.41, 5.74) is 1.35. The van der Waals surface area contributed by atoms with Gasteiger partial charge in [0.2, 0.25) is 0 Å². The van der Waals surface area contributed by atoms with Crippen LogP contribution in [0.15, 0.2) is 29.4 Å². The number of hydrogen-bond donors (Lipinski definition) is 0. The van der Waals surface area contributed by atoms with Crippen LogP contribution >= 0.6 is 0 Å². The van der Waals surface area contributed by atoms with E-state index in [4.69, 9.17) is 39.2 Å². The summed E-state index contributed by atoms with van der Waals surface area (Å²) in [5.74, 6) is 2.41. The first-order chi connectivity index (χ1) is 14.1. The van der Waals surface area contributed by atoms with Crippen LogP contribution in [0.25, 0.3) is 0 Å². The van der Waals surface area contributed by atoms with Crippen molar-refractivity contribution in [1.29, 1.82) is 0 Å². The zero-order valence-corrected chi connectivity index (χ0v) is 17.4. The Bertz CT molecular complexity index is 744. The Hall–Kier alpha value is -2.90. The molecule has 0 saturated heterocycles. The van der Waals surface area contributed by atoms with Crippen LogP contribution in [-0.2, 0) is 66.3 Å². The molecule has 0 amide bonds. The van der Waals surface area contributed by atoms with Crippen LogP contribution in [-0.4, -0.2) is 16.7 Å². The van der Waals surface area contributed by atoms with Crippen molar-refractivity contribution in [2.45, 2.75) is 13.0 Å². The molecular formula is C18H10Co2N2O9. The second kappa shape index (κ2) is 37.8. The van der Waals surface area contributed by atoms with Gasteiger partial charge in [-0.3, -0.25) is 10.1 Å². The SMILES string of the molecule is C#C[C@H]1ON=C(c2cccc([N+](=O)[O-])c2)[C@H]1C.[C-]#[O+].[C-]#[O+].[C-]#[O+].[C-]#[O+].[C-]#[O+].[C-]#[O+].[Co].[Co]. The average Bonchev–Trinajstić information content (AvgIpc) is 3.22. The number of nitro groups is 1. The van der Waals surface area contributed by atoms with Gasteiger partial charge in [-0.2, -0.15) is 0 Å². The van der Waals surface area contributed by atoms with Crippen LogP contribution in [0.1, 0.15) is 12.5 Å². The Morgan fingerprint density at radius 2 is 1.42 bits per heavy atom. The van der Waals surface area contributed by atoms with Gasteiger partial charge < -0.3 is 4.84 Å². The molecule has 1 heterocycles. The fourth-order valence-corrected chi connectivity index (χ4v) is 1.70. The Kier molecular flexibility index (Phi) is 56.5. The molecule has 1 aliphatic rings. The van der Waals surface area contributed by atoms with Crippen molar-refractivity contribution in [1.82, 2.24) is 0 Å². The molecule has 0 aliphatic carbocycles. The molecule has 13 heteroatoms. The molecule has 1 aromatic carbocycles. The first kappa shape index (κ1) is 46.4. The number of non-ortho nitro benzene ring substituents is 1. The summed E-state index contributed by atoms with van der Waals surface area (Å²) in [7, 11) is 0. The summed E-state index contributed by atoms with van der Waals surface area (Å²) in [5, 5.41) is 14.6. The summed E-state index contributed by atoms with van der Waals surface area (Å²) in [6.07, 6.45) is 4.89. The Balaban J connectivity index is -0.0000000716. The molecule has 0 unspecified atom stereocenters. The largest absolute Gasteiger partial charge is 0 e. The summed E-state index contributed by atoms with van der Waals surface area (Å²) < 4.78 is 45.0. The van der Waals surface area contributed by atoms with Crippen molar-refractivity contribution in [2.75, 3.05) is 0 Å². The minimum atomic E-state index is -0.441. The molecule has 31 heavy (non-hydrogen) atoms. The molecule has 2 radical (unpaired) electrons. The maximum Gasteiger partial charge on any atom is 0 e. The first-order valence-electron chi connectivity index (χ1n) is 6.30. The van der Waals surface area contributed by atoms with Gasteiger partial charge in [-0.1, -0.05) is 30.1 Å². The molecule has 1 aromatic rings. The zero-order chi connectivity index (χ0) is 24.4. The average molecular weight is 516 g/mol. The second-order valence-corrected chi connectivity index (χ2v) is 3.77. The van der Waals surface area contributed by atoms with Crippen molar-refractivity contribution in [3.8, 4) is 12.3 Å². The molecule has 0 saturated carbocycles. The van der Waals surface area contributed by atoms with E-state index >= 15 is 0 Å². The van der Waals surface area contributed by atoms with E-state index in [9.17, 15) is 10.1 Å². The molecule has 0 N–H and O–H groups in total. The van der Waals surface area contributed by atoms with Crippen molar-refractivity contribution in [2.24, 2.45) is 11.1 Å². The molecular weight excluding hydrogens is 506 g/mol. The van der Waals surface area contributed by atoms with Gasteiger partial charge in [-0.05, 0) is 0 Å². The van der Waals surface area contributed by atoms with E-state index in [1.165, 1.54) is 12.1 Å². The Morgan fingerprint density at radius 3 is 1.74 bits per heavy atom. The first-order valence-corrected chi connectivity index (χ1v) is 6.30. The predicted octanol–water partition coefficient (Wildman–Crippen LogP) is 1.74. The molecule has 2 atom stereocenters. The molecule has 0 fully saturated rings. The molecule has 11 nitrogen and oxygen atoms in total. The fraction of sp³-hybridized carbons (Fsp3) is 0.167. The van der Waals surface area contributed by atoms with Gasteiger partial charge in [0.1, 0.15) is 0 Å². The van der Waals surface area contributed by atoms with Crippen LogP contribution in [0.2, 0.25) is 0 Å². The van der Waals surface area contributed by atoms with E-state index in [-0.39, 0.29) is 45.2 Å². The molecule has 0 spiro atoms. The zero-order valence-electron chi connectivity index (χ0n) is 15.3. The minimum Gasteiger partial charge on any atom is 0 e. The number of benzene rings is 1. The van der Waals surface area contributed by atoms with Crippen molar-refractivity contribution in [3.05, 3.63) is 79.8 Å². The van der Waals surface area contributed by atoms with Crippen LogP contribution < -0.4 is 0 Å². The van der Waals surface area contributed by atoms with Gasteiger partial charge in [-0.25, -0.2) is 0 Å². The summed E-state index contributed by atoms with van der Waals surface area (Å²) in [6.45, 7) is 28.9. The van der Waals surface area contributed by atoms with E-state index < -0.39 is 11.0 Å². The topological polar surface area (TPSA) is 184 Å². The van der Waals surface area contributed by atoms with Gasteiger partial charge in [0.05, 0.1) is 16.6 Å².